The minimum Gasteiger partial charge on any atom is -0.342 e. The van der Waals surface area contributed by atoms with Crippen LogP contribution in [0, 0.1) is 0 Å². The topological polar surface area (TPSA) is 55.9 Å². The van der Waals surface area contributed by atoms with Crippen molar-refractivity contribution in [1.29, 1.82) is 0 Å². The number of hydrogen-bond donors (Lipinski definition) is 1. The molecular formula is C20H27F3N4O2. The fourth-order valence-corrected chi connectivity index (χ4v) is 3.72. The lowest BCUT2D eigenvalue weighted by molar-refractivity contribution is -0.137. The summed E-state index contributed by atoms with van der Waals surface area (Å²) in [5.74, 6) is -0.0876. The smallest absolute Gasteiger partial charge is 0.342 e. The van der Waals surface area contributed by atoms with E-state index in [4.69, 9.17) is 0 Å². The second kappa shape index (κ2) is 9.13. The van der Waals surface area contributed by atoms with E-state index in [9.17, 15) is 22.8 Å². The van der Waals surface area contributed by atoms with Crippen LogP contribution in [-0.2, 0) is 15.8 Å². The minimum absolute atomic E-state index is 0.170. The Morgan fingerprint density at radius 1 is 1.00 bits per heavy atom. The van der Waals surface area contributed by atoms with E-state index in [1.165, 1.54) is 12.1 Å². The number of carbonyl (C=O) groups is 2. The predicted octanol–water partition coefficient (Wildman–Crippen LogP) is 2.27. The molecule has 0 bridgehead atoms. The average Bonchev–Trinajstić information content (AvgIpc) is 3.23. The highest BCUT2D eigenvalue weighted by Crippen LogP contribution is 2.29. The van der Waals surface area contributed by atoms with Crippen LogP contribution in [-0.4, -0.2) is 78.4 Å². The van der Waals surface area contributed by atoms with Crippen LogP contribution in [0.3, 0.4) is 0 Å². The zero-order valence-corrected chi connectivity index (χ0v) is 16.5. The summed E-state index contributed by atoms with van der Waals surface area (Å²) in [7, 11) is 0. The van der Waals surface area contributed by atoms with Gasteiger partial charge in [-0.3, -0.25) is 19.4 Å². The first kappa shape index (κ1) is 21.6. The molecule has 0 spiro atoms. The van der Waals surface area contributed by atoms with Crippen molar-refractivity contribution in [3.05, 3.63) is 29.8 Å². The molecule has 0 radical (unpaired) electrons. The number of carbonyl (C=O) groups excluding carboxylic acids is 2. The van der Waals surface area contributed by atoms with Crippen molar-refractivity contribution in [1.82, 2.24) is 14.7 Å². The molecule has 2 saturated heterocycles. The summed E-state index contributed by atoms with van der Waals surface area (Å²) in [4.78, 5) is 30.8. The Hall–Kier alpha value is -2.13. The van der Waals surface area contributed by atoms with Crippen LogP contribution >= 0.6 is 0 Å². The molecular weight excluding hydrogens is 385 g/mol. The largest absolute Gasteiger partial charge is 0.416 e. The maximum atomic E-state index is 12.6. The second-order valence-corrected chi connectivity index (χ2v) is 7.64. The molecule has 1 aromatic carbocycles. The van der Waals surface area contributed by atoms with Gasteiger partial charge in [0.15, 0.2) is 0 Å². The summed E-state index contributed by atoms with van der Waals surface area (Å²) in [6.45, 7) is 6.63. The van der Waals surface area contributed by atoms with Crippen molar-refractivity contribution in [3.8, 4) is 0 Å². The van der Waals surface area contributed by atoms with Crippen LogP contribution < -0.4 is 5.32 Å². The number of likely N-dealkylation sites (tertiary alicyclic amines) is 1. The van der Waals surface area contributed by atoms with Gasteiger partial charge in [-0.15, -0.1) is 0 Å². The van der Waals surface area contributed by atoms with E-state index in [0.717, 1.165) is 38.1 Å². The number of nitrogens with one attached hydrogen (secondary N) is 1. The molecule has 1 aromatic rings. The van der Waals surface area contributed by atoms with Crippen LogP contribution in [0.1, 0.15) is 25.3 Å². The standard InChI is InChI=1S/C20H27F3N4O2/c1-15(19(29)24-17-6-4-16(5-7-17)20(21,22)23)26-12-10-25(11-13-26)14-18(28)27-8-2-3-9-27/h4-7,15H,2-3,8-14H2,1H3,(H,24,29)/t15-/m0/s1. The average molecular weight is 412 g/mol. The van der Waals surface area contributed by atoms with Crippen molar-refractivity contribution in [3.63, 3.8) is 0 Å². The number of alkyl halides is 3. The van der Waals surface area contributed by atoms with E-state index in [-0.39, 0.29) is 11.8 Å². The molecule has 2 fully saturated rings. The molecule has 29 heavy (non-hydrogen) atoms. The van der Waals surface area contributed by atoms with Crippen molar-refractivity contribution in [2.75, 3.05) is 51.1 Å². The Kier molecular flexibility index (Phi) is 6.79. The molecule has 2 heterocycles. The number of rotatable bonds is 5. The van der Waals surface area contributed by atoms with E-state index < -0.39 is 17.8 Å². The monoisotopic (exact) mass is 412 g/mol. The van der Waals surface area contributed by atoms with Crippen LogP contribution in [0.25, 0.3) is 0 Å². The number of benzene rings is 1. The summed E-state index contributed by atoms with van der Waals surface area (Å²) < 4.78 is 37.9. The first-order chi connectivity index (χ1) is 13.7. The van der Waals surface area contributed by atoms with Gasteiger partial charge >= 0.3 is 6.18 Å². The van der Waals surface area contributed by atoms with Crippen molar-refractivity contribution in [2.24, 2.45) is 0 Å². The van der Waals surface area contributed by atoms with Crippen molar-refractivity contribution in [2.45, 2.75) is 32.0 Å². The quantitative estimate of drug-likeness (QED) is 0.806. The molecule has 6 nitrogen and oxygen atoms in total. The summed E-state index contributed by atoms with van der Waals surface area (Å²) in [6.07, 6.45) is -2.25. The molecule has 1 atom stereocenters. The van der Waals surface area contributed by atoms with Crippen LogP contribution in [0.2, 0.25) is 0 Å². The zero-order chi connectivity index (χ0) is 21.0. The molecule has 0 aromatic heterocycles. The number of piperazine rings is 1. The van der Waals surface area contributed by atoms with E-state index in [1.54, 1.807) is 6.92 Å². The third kappa shape index (κ3) is 5.70. The maximum absolute atomic E-state index is 12.6. The third-order valence-electron chi connectivity index (χ3n) is 5.63. The first-order valence-corrected chi connectivity index (χ1v) is 9.96. The maximum Gasteiger partial charge on any atom is 0.416 e. The Morgan fingerprint density at radius 2 is 1.59 bits per heavy atom. The van der Waals surface area contributed by atoms with Gasteiger partial charge in [-0.1, -0.05) is 0 Å². The molecule has 0 unspecified atom stereocenters. The molecule has 0 saturated carbocycles. The SMILES string of the molecule is C[C@@H](C(=O)Nc1ccc(C(F)(F)F)cc1)N1CCN(CC(=O)N2CCCC2)CC1. The van der Waals surface area contributed by atoms with Gasteiger partial charge in [0, 0.05) is 45.0 Å². The summed E-state index contributed by atoms with van der Waals surface area (Å²) in [5.41, 5.74) is -0.409. The Morgan fingerprint density at radius 3 is 2.14 bits per heavy atom. The predicted molar refractivity (Wildman–Crippen MR) is 103 cm³/mol. The Labute approximate surface area is 168 Å². The van der Waals surface area contributed by atoms with Gasteiger partial charge in [0.05, 0.1) is 18.2 Å². The molecule has 9 heteroatoms. The van der Waals surface area contributed by atoms with Crippen LogP contribution in [0.4, 0.5) is 18.9 Å². The Bertz CT molecular complexity index is 709. The van der Waals surface area contributed by atoms with E-state index in [1.807, 2.05) is 9.80 Å². The van der Waals surface area contributed by atoms with Crippen molar-refractivity contribution < 1.29 is 22.8 Å². The van der Waals surface area contributed by atoms with Gasteiger partial charge in [0.25, 0.3) is 0 Å². The number of halogens is 3. The van der Waals surface area contributed by atoms with Gasteiger partial charge < -0.3 is 10.2 Å². The number of amides is 2. The van der Waals surface area contributed by atoms with Gasteiger partial charge in [0.2, 0.25) is 11.8 Å². The van der Waals surface area contributed by atoms with Gasteiger partial charge in [-0.25, -0.2) is 0 Å². The number of hydrogen-bond acceptors (Lipinski definition) is 4. The highest BCUT2D eigenvalue weighted by atomic mass is 19.4. The normalized spacial score (nSPS) is 19.9. The van der Waals surface area contributed by atoms with E-state index in [0.29, 0.717) is 38.4 Å². The van der Waals surface area contributed by atoms with Crippen LogP contribution in [0.15, 0.2) is 24.3 Å². The fraction of sp³-hybridized carbons (Fsp3) is 0.600. The Balaban J connectivity index is 1.45. The highest BCUT2D eigenvalue weighted by molar-refractivity contribution is 5.94. The van der Waals surface area contributed by atoms with E-state index in [2.05, 4.69) is 10.2 Å². The second-order valence-electron chi connectivity index (χ2n) is 7.64. The third-order valence-corrected chi connectivity index (χ3v) is 5.63. The minimum atomic E-state index is -4.40. The zero-order valence-electron chi connectivity index (χ0n) is 16.5. The lowest BCUT2D eigenvalue weighted by Crippen LogP contribution is -2.54. The van der Waals surface area contributed by atoms with Crippen molar-refractivity contribution >= 4 is 17.5 Å². The summed E-state index contributed by atoms with van der Waals surface area (Å²) in [6, 6.07) is 4.02. The summed E-state index contributed by atoms with van der Waals surface area (Å²) in [5, 5.41) is 2.68. The number of nitrogens with zero attached hydrogens (tertiary/aromatic N) is 3. The number of anilines is 1. The molecule has 2 amide bonds. The fourth-order valence-electron chi connectivity index (χ4n) is 3.72. The molecule has 0 aliphatic carbocycles. The molecule has 3 rings (SSSR count). The summed E-state index contributed by atoms with van der Waals surface area (Å²) >= 11 is 0. The lowest BCUT2D eigenvalue weighted by Gasteiger charge is -2.37. The lowest BCUT2D eigenvalue weighted by atomic mass is 10.1. The van der Waals surface area contributed by atoms with Gasteiger partial charge in [-0.2, -0.15) is 13.2 Å². The van der Waals surface area contributed by atoms with Gasteiger partial charge in [0.1, 0.15) is 0 Å². The molecule has 2 aliphatic heterocycles. The van der Waals surface area contributed by atoms with Crippen LogP contribution in [0.5, 0.6) is 0 Å². The highest BCUT2D eigenvalue weighted by Gasteiger charge is 2.31. The molecule has 160 valence electrons. The molecule has 1 N–H and O–H groups in total. The molecule has 2 aliphatic rings. The van der Waals surface area contributed by atoms with Gasteiger partial charge in [-0.05, 0) is 44.0 Å². The first-order valence-electron chi connectivity index (χ1n) is 9.96. The van der Waals surface area contributed by atoms with E-state index >= 15 is 0 Å².